The highest BCUT2D eigenvalue weighted by molar-refractivity contribution is 5.98. The topological polar surface area (TPSA) is 40.6 Å². The van der Waals surface area contributed by atoms with E-state index in [0.717, 1.165) is 13.1 Å². The minimum Gasteiger partial charge on any atom is -0.337 e. The molecule has 4 nitrogen and oxygen atoms in total. The van der Waals surface area contributed by atoms with E-state index < -0.39 is 0 Å². The second-order valence-corrected chi connectivity index (χ2v) is 6.33. The van der Waals surface area contributed by atoms with E-state index in [1.54, 1.807) is 7.05 Å². The third kappa shape index (κ3) is 1.51. The zero-order chi connectivity index (χ0) is 13.1. The van der Waals surface area contributed by atoms with Crippen molar-refractivity contribution in [3.05, 3.63) is 11.8 Å². The highest BCUT2D eigenvalue weighted by atomic mass is 16.2. The minimum atomic E-state index is 0.0357. The molecule has 3 aliphatic rings. The summed E-state index contributed by atoms with van der Waals surface area (Å²) in [6, 6.07) is 0. The number of hydrogen-bond acceptors (Lipinski definition) is 2. The van der Waals surface area contributed by atoms with E-state index in [4.69, 9.17) is 0 Å². The van der Waals surface area contributed by atoms with Gasteiger partial charge in [-0.25, -0.2) is 0 Å². The summed E-state index contributed by atoms with van der Waals surface area (Å²) in [6.07, 6.45) is 3.11. The third-order valence-corrected chi connectivity index (χ3v) is 5.06. The Bertz CT molecular complexity index is 439. The standard InChI is InChI=1S/C14H20N2O2/c1-14(2)9-7-16(8-10(9)14)13(18)11-5-4-6-12(17)15(11)3/h5,9-10H,4,6-8H2,1-3H3. The lowest BCUT2D eigenvalue weighted by atomic mass is 10.1. The Morgan fingerprint density at radius 1 is 1.33 bits per heavy atom. The quantitative estimate of drug-likeness (QED) is 0.700. The molecule has 0 radical (unpaired) electrons. The summed E-state index contributed by atoms with van der Waals surface area (Å²) in [5.41, 5.74) is 0.991. The first-order valence-corrected chi connectivity index (χ1v) is 6.69. The molecule has 2 aliphatic heterocycles. The number of hydrogen-bond donors (Lipinski definition) is 0. The average molecular weight is 248 g/mol. The van der Waals surface area contributed by atoms with Crippen LogP contribution in [0.2, 0.25) is 0 Å². The summed E-state index contributed by atoms with van der Waals surface area (Å²) < 4.78 is 0. The zero-order valence-corrected chi connectivity index (χ0v) is 11.3. The average Bonchev–Trinajstić information content (AvgIpc) is 2.71. The molecule has 0 bridgehead atoms. The fourth-order valence-corrected chi connectivity index (χ4v) is 3.46. The first-order valence-electron chi connectivity index (χ1n) is 6.69. The summed E-state index contributed by atoms with van der Waals surface area (Å²) in [5, 5.41) is 0. The van der Waals surface area contributed by atoms with Crippen molar-refractivity contribution >= 4 is 11.8 Å². The van der Waals surface area contributed by atoms with E-state index in [2.05, 4.69) is 13.8 Å². The van der Waals surface area contributed by atoms with Gasteiger partial charge in [-0.15, -0.1) is 0 Å². The van der Waals surface area contributed by atoms with Crippen LogP contribution in [-0.2, 0) is 9.59 Å². The molecule has 1 aliphatic carbocycles. The number of piperidine rings is 1. The Balaban J connectivity index is 1.70. The summed E-state index contributed by atoms with van der Waals surface area (Å²) >= 11 is 0. The Kier molecular flexibility index (Phi) is 2.34. The number of carbonyl (C=O) groups excluding carboxylic acids is 2. The summed E-state index contributed by atoms with van der Waals surface area (Å²) in [5.74, 6) is 1.40. The number of fused-ring (bicyclic) bond motifs is 1. The molecule has 0 aromatic heterocycles. The molecule has 2 heterocycles. The Morgan fingerprint density at radius 3 is 2.56 bits per heavy atom. The van der Waals surface area contributed by atoms with Crippen molar-refractivity contribution in [2.75, 3.05) is 20.1 Å². The molecule has 0 N–H and O–H groups in total. The second kappa shape index (κ2) is 3.59. The zero-order valence-electron chi connectivity index (χ0n) is 11.3. The number of amides is 2. The summed E-state index contributed by atoms with van der Waals surface area (Å²) in [6.45, 7) is 6.27. The van der Waals surface area contributed by atoms with Crippen molar-refractivity contribution in [3.8, 4) is 0 Å². The lowest BCUT2D eigenvalue weighted by Gasteiger charge is -2.29. The van der Waals surface area contributed by atoms with E-state index in [0.29, 0.717) is 35.8 Å². The predicted molar refractivity (Wildman–Crippen MR) is 67.4 cm³/mol. The molecule has 1 saturated carbocycles. The highest BCUT2D eigenvalue weighted by Crippen LogP contribution is 2.62. The van der Waals surface area contributed by atoms with E-state index in [1.165, 1.54) is 4.90 Å². The number of allylic oxidation sites excluding steroid dienone is 1. The first-order chi connectivity index (χ1) is 8.43. The monoisotopic (exact) mass is 248 g/mol. The third-order valence-electron chi connectivity index (χ3n) is 5.06. The number of likely N-dealkylation sites (N-methyl/N-ethyl adjacent to an activating group) is 1. The van der Waals surface area contributed by atoms with Gasteiger partial charge in [0.2, 0.25) is 5.91 Å². The molecule has 1 saturated heterocycles. The molecular formula is C14H20N2O2. The number of nitrogens with zero attached hydrogens (tertiary/aromatic N) is 2. The van der Waals surface area contributed by atoms with Gasteiger partial charge in [-0.2, -0.15) is 0 Å². The largest absolute Gasteiger partial charge is 0.337 e. The number of likely N-dealkylation sites (tertiary alicyclic amines) is 1. The van der Waals surface area contributed by atoms with Crippen LogP contribution in [0.15, 0.2) is 11.8 Å². The maximum absolute atomic E-state index is 12.4. The maximum Gasteiger partial charge on any atom is 0.270 e. The SMILES string of the molecule is CN1C(=O)CCC=C1C(=O)N1CC2C(C1)C2(C)C. The van der Waals surface area contributed by atoms with Crippen LogP contribution in [0.5, 0.6) is 0 Å². The smallest absolute Gasteiger partial charge is 0.270 e. The van der Waals surface area contributed by atoms with Crippen molar-refractivity contribution in [3.63, 3.8) is 0 Å². The minimum absolute atomic E-state index is 0.0357. The van der Waals surface area contributed by atoms with Crippen LogP contribution in [0.25, 0.3) is 0 Å². The number of carbonyl (C=O) groups is 2. The number of rotatable bonds is 1. The first kappa shape index (κ1) is 11.8. The van der Waals surface area contributed by atoms with Crippen molar-refractivity contribution in [1.29, 1.82) is 0 Å². The Hall–Kier alpha value is -1.32. The molecule has 2 fully saturated rings. The van der Waals surface area contributed by atoms with Gasteiger partial charge >= 0.3 is 0 Å². The lowest BCUT2D eigenvalue weighted by Crippen LogP contribution is -2.41. The van der Waals surface area contributed by atoms with Crippen LogP contribution in [0.3, 0.4) is 0 Å². The van der Waals surface area contributed by atoms with Gasteiger partial charge in [-0.3, -0.25) is 9.59 Å². The van der Waals surface area contributed by atoms with Crippen LogP contribution in [-0.4, -0.2) is 41.8 Å². The van der Waals surface area contributed by atoms with Gasteiger partial charge in [-0.1, -0.05) is 19.9 Å². The van der Waals surface area contributed by atoms with Gasteiger partial charge < -0.3 is 9.80 Å². The highest BCUT2D eigenvalue weighted by Gasteiger charge is 2.62. The molecule has 0 spiro atoms. The second-order valence-electron chi connectivity index (χ2n) is 6.33. The Labute approximate surface area is 108 Å². The molecule has 2 unspecified atom stereocenters. The normalized spacial score (nSPS) is 33.3. The van der Waals surface area contributed by atoms with Gasteiger partial charge in [0.25, 0.3) is 5.91 Å². The van der Waals surface area contributed by atoms with Crippen molar-refractivity contribution in [1.82, 2.24) is 9.80 Å². The summed E-state index contributed by atoms with van der Waals surface area (Å²) in [4.78, 5) is 27.4. The predicted octanol–water partition coefficient (Wildman–Crippen LogP) is 1.24. The van der Waals surface area contributed by atoms with Gasteiger partial charge in [-0.05, 0) is 23.7 Å². The lowest BCUT2D eigenvalue weighted by molar-refractivity contribution is -0.135. The fraction of sp³-hybridized carbons (Fsp3) is 0.714. The fourth-order valence-electron chi connectivity index (χ4n) is 3.46. The molecule has 98 valence electrons. The van der Waals surface area contributed by atoms with Crippen LogP contribution in [0.4, 0.5) is 0 Å². The van der Waals surface area contributed by atoms with Crippen LogP contribution in [0, 0.1) is 17.3 Å². The molecule has 0 aromatic rings. The molecule has 3 rings (SSSR count). The van der Waals surface area contributed by atoms with Crippen LogP contribution >= 0.6 is 0 Å². The van der Waals surface area contributed by atoms with Gasteiger partial charge in [0, 0.05) is 26.6 Å². The van der Waals surface area contributed by atoms with Gasteiger partial charge in [0.1, 0.15) is 5.70 Å². The summed E-state index contributed by atoms with van der Waals surface area (Å²) in [7, 11) is 1.70. The van der Waals surface area contributed by atoms with Crippen LogP contribution < -0.4 is 0 Å². The van der Waals surface area contributed by atoms with E-state index in [9.17, 15) is 9.59 Å². The molecule has 4 heteroatoms. The van der Waals surface area contributed by atoms with Crippen LogP contribution in [0.1, 0.15) is 26.7 Å². The maximum atomic E-state index is 12.4. The van der Waals surface area contributed by atoms with Crippen molar-refractivity contribution in [2.45, 2.75) is 26.7 Å². The molecule has 2 amide bonds. The van der Waals surface area contributed by atoms with Crippen molar-refractivity contribution < 1.29 is 9.59 Å². The van der Waals surface area contributed by atoms with Gasteiger partial charge in [0.15, 0.2) is 0 Å². The van der Waals surface area contributed by atoms with Crippen molar-refractivity contribution in [2.24, 2.45) is 17.3 Å². The molecule has 18 heavy (non-hydrogen) atoms. The van der Waals surface area contributed by atoms with E-state index in [-0.39, 0.29) is 11.8 Å². The van der Waals surface area contributed by atoms with E-state index in [1.807, 2.05) is 11.0 Å². The molecular weight excluding hydrogens is 228 g/mol. The van der Waals surface area contributed by atoms with E-state index >= 15 is 0 Å². The Morgan fingerprint density at radius 2 is 1.94 bits per heavy atom. The molecule has 0 aromatic carbocycles. The van der Waals surface area contributed by atoms with Gasteiger partial charge in [0.05, 0.1) is 0 Å². The molecule has 2 atom stereocenters.